The number of ketones is 1. The van der Waals surface area contributed by atoms with Crippen LogP contribution >= 0.6 is 0 Å². The van der Waals surface area contributed by atoms with E-state index >= 15 is 0 Å². The predicted octanol–water partition coefficient (Wildman–Crippen LogP) is 2.24. The SMILES string of the molecule is N#Cc1ccc(C(=O)C2CC3CCC(C2)S3(=O)=O)c(F)c1. The van der Waals surface area contributed by atoms with Gasteiger partial charge in [-0.2, -0.15) is 5.26 Å². The zero-order valence-electron chi connectivity index (χ0n) is 11.3. The summed E-state index contributed by atoms with van der Waals surface area (Å²) < 4.78 is 37.9. The van der Waals surface area contributed by atoms with Crippen LogP contribution in [0.2, 0.25) is 0 Å². The Morgan fingerprint density at radius 3 is 2.38 bits per heavy atom. The molecular formula is C15H14FNO3S. The van der Waals surface area contributed by atoms with Gasteiger partial charge < -0.3 is 0 Å². The molecule has 1 aromatic rings. The minimum Gasteiger partial charge on any atom is -0.294 e. The number of nitriles is 1. The molecule has 2 unspecified atom stereocenters. The van der Waals surface area contributed by atoms with Gasteiger partial charge in [-0.15, -0.1) is 0 Å². The van der Waals surface area contributed by atoms with Gasteiger partial charge in [0.15, 0.2) is 15.6 Å². The molecule has 2 aliphatic rings. The van der Waals surface area contributed by atoms with E-state index in [9.17, 15) is 17.6 Å². The zero-order chi connectivity index (χ0) is 15.2. The fraction of sp³-hybridized carbons (Fsp3) is 0.467. The highest BCUT2D eigenvalue weighted by Crippen LogP contribution is 2.42. The first-order valence-corrected chi connectivity index (χ1v) is 8.51. The molecule has 110 valence electrons. The highest BCUT2D eigenvalue weighted by atomic mass is 32.2. The van der Waals surface area contributed by atoms with E-state index in [1.807, 2.05) is 6.07 Å². The first-order chi connectivity index (χ1) is 9.93. The number of carbonyl (C=O) groups excluding carboxylic acids is 1. The molecule has 2 bridgehead atoms. The minimum absolute atomic E-state index is 0.0438. The maximum absolute atomic E-state index is 13.9. The Labute approximate surface area is 122 Å². The fourth-order valence-corrected chi connectivity index (χ4v) is 5.90. The van der Waals surface area contributed by atoms with Gasteiger partial charge in [0.2, 0.25) is 0 Å². The number of carbonyl (C=O) groups is 1. The van der Waals surface area contributed by atoms with Gasteiger partial charge in [0, 0.05) is 5.92 Å². The van der Waals surface area contributed by atoms with Crippen LogP contribution in [0, 0.1) is 23.1 Å². The van der Waals surface area contributed by atoms with Crippen LogP contribution in [0.4, 0.5) is 4.39 Å². The van der Waals surface area contributed by atoms with Crippen LogP contribution in [-0.4, -0.2) is 24.7 Å². The van der Waals surface area contributed by atoms with Crippen LogP contribution < -0.4 is 0 Å². The van der Waals surface area contributed by atoms with E-state index in [1.54, 1.807) is 0 Å². The molecule has 4 nitrogen and oxygen atoms in total. The highest BCUT2D eigenvalue weighted by Gasteiger charge is 2.48. The summed E-state index contributed by atoms with van der Waals surface area (Å²) in [7, 11) is -3.09. The molecule has 0 amide bonds. The van der Waals surface area contributed by atoms with Gasteiger partial charge in [-0.25, -0.2) is 12.8 Å². The van der Waals surface area contributed by atoms with E-state index in [0.717, 1.165) is 6.07 Å². The molecule has 0 spiro atoms. The Kier molecular flexibility index (Phi) is 3.33. The maximum Gasteiger partial charge on any atom is 0.168 e. The topological polar surface area (TPSA) is 75.0 Å². The molecule has 0 saturated carbocycles. The lowest BCUT2D eigenvalue weighted by atomic mass is 9.90. The summed E-state index contributed by atoms with van der Waals surface area (Å²) in [4.78, 5) is 12.4. The lowest BCUT2D eigenvalue weighted by molar-refractivity contribution is 0.0901. The van der Waals surface area contributed by atoms with Crippen LogP contribution in [0.3, 0.4) is 0 Å². The number of Topliss-reactive ketones (excluding diaryl/α,β-unsaturated/α-hetero) is 1. The Hall–Kier alpha value is -1.74. The third kappa shape index (κ3) is 2.26. The number of hydrogen-bond acceptors (Lipinski definition) is 4. The highest BCUT2D eigenvalue weighted by molar-refractivity contribution is 7.93. The normalized spacial score (nSPS) is 29.8. The Balaban J connectivity index is 1.86. The second kappa shape index (κ2) is 4.92. The summed E-state index contributed by atoms with van der Waals surface area (Å²) in [6.45, 7) is 0. The van der Waals surface area contributed by atoms with Crippen molar-refractivity contribution in [2.75, 3.05) is 0 Å². The van der Waals surface area contributed by atoms with Gasteiger partial charge in [0.05, 0.1) is 27.7 Å². The van der Waals surface area contributed by atoms with Crippen molar-refractivity contribution in [2.45, 2.75) is 36.2 Å². The zero-order valence-corrected chi connectivity index (χ0v) is 12.1. The molecule has 0 aromatic heterocycles. The standard InChI is InChI=1S/C15H14FNO3S/c16-14-5-9(8-17)1-4-13(14)15(18)10-6-11-2-3-12(7-10)21(11,19)20/h1,4-5,10-12H,2-3,6-7H2. The van der Waals surface area contributed by atoms with Crippen LogP contribution in [0.5, 0.6) is 0 Å². The summed E-state index contributed by atoms with van der Waals surface area (Å²) in [6, 6.07) is 5.59. The Bertz CT molecular complexity index is 731. The van der Waals surface area contributed by atoms with Gasteiger partial charge in [-0.3, -0.25) is 4.79 Å². The van der Waals surface area contributed by atoms with E-state index in [2.05, 4.69) is 0 Å². The second-order valence-electron chi connectivity index (χ2n) is 5.75. The molecule has 6 heteroatoms. The van der Waals surface area contributed by atoms with Crippen LogP contribution in [0.15, 0.2) is 18.2 Å². The fourth-order valence-electron chi connectivity index (χ4n) is 3.43. The number of nitrogens with zero attached hydrogens (tertiary/aromatic N) is 1. The molecular weight excluding hydrogens is 293 g/mol. The van der Waals surface area contributed by atoms with Crippen molar-refractivity contribution < 1.29 is 17.6 Å². The lowest BCUT2D eigenvalue weighted by Crippen LogP contribution is -2.36. The van der Waals surface area contributed by atoms with Gasteiger partial charge in [0.1, 0.15) is 5.82 Å². The van der Waals surface area contributed by atoms with E-state index < -0.39 is 32.1 Å². The summed E-state index contributed by atoms with van der Waals surface area (Å²) in [5.74, 6) is -1.49. The van der Waals surface area contributed by atoms with Gasteiger partial charge >= 0.3 is 0 Å². The smallest absolute Gasteiger partial charge is 0.168 e. The minimum atomic E-state index is -3.09. The van der Waals surface area contributed by atoms with Crippen molar-refractivity contribution in [1.29, 1.82) is 5.26 Å². The van der Waals surface area contributed by atoms with Gasteiger partial charge in [-0.05, 0) is 43.9 Å². The third-order valence-electron chi connectivity index (χ3n) is 4.57. The lowest BCUT2D eigenvalue weighted by Gasteiger charge is -2.27. The molecule has 0 radical (unpaired) electrons. The molecule has 21 heavy (non-hydrogen) atoms. The van der Waals surface area contributed by atoms with Crippen LogP contribution in [0.1, 0.15) is 41.6 Å². The number of rotatable bonds is 2. The van der Waals surface area contributed by atoms with Crippen molar-refractivity contribution in [3.05, 3.63) is 35.1 Å². The Morgan fingerprint density at radius 2 is 1.86 bits per heavy atom. The molecule has 2 heterocycles. The quantitative estimate of drug-likeness (QED) is 0.785. The molecule has 0 aliphatic carbocycles. The average molecular weight is 307 g/mol. The predicted molar refractivity (Wildman–Crippen MR) is 73.9 cm³/mol. The number of sulfone groups is 1. The van der Waals surface area contributed by atoms with Crippen molar-refractivity contribution in [3.63, 3.8) is 0 Å². The molecule has 3 rings (SSSR count). The monoisotopic (exact) mass is 307 g/mol. The van der Waals surface area contributed by atoms with Crippen molar-refractivity contribution >= 4 is 15.6 Å². The number of benzene rings is 1. The molecule has 2 aliphatic heterocycles. The molecule has 2 saturated heterocycles. The van der Waals surface area contributed by atoms with Crippen molar-refractivity contribution in [3.8, 4) is 6.07 Å². The molecule has 0 N–H and O–H groups in total. The van der Waals surface area contributed by atoms with Crippen LogP contribution in [-0.2, 0) is 9.84 Å². The average Bonchev–Trinajstić information content (AvgIpc) is 2.66. The van der Waals surface area contributed by atoms with E-state index in [4.69, 9.17) is 5.26 Å². The van der Waals surface area contributed by atoms with E-state index in [0.29, 0.717) is 12.8 Å². The second-order valence-corrected chi connectivity index (χ2v) is 8.26. The molecule has 2 atom stereocenters. The maximum atomic E-state index is 13.9. The summed E-state index contributed by atoms with van der Waals surface area (Å²) in [5, 5.41) is 7.80. The van der Waals surface area contributed by atoms with Gasteiger partial charge in [-0.1, -0.05) is 0 Å². The summed E-state index contributed by atoms with van der Waals surface area (Å²) in [5.41, 5.74) is 0.119. The third-order valence-corrected chi connectivity index (χ3v) is 7.28. The molecule has 2 fully saturated rings. The van der Waals surface area contributed by atoms with Gasteiger partial charge in [0.25, 0.3) is 0 Å². The van der Waals surface area contributed by atoms with Crippen molar-refractivity contribution in [1.82, 2.24) is 0 Å². The Morgan fingerprint density at radius 1 is 1.24 bits per heavy atom. The summed E-state index contributed by atoms with van der Waals surface area (Å²) >= 11 is 0. The number of halogens is 1. The molecule has 1 aromatic carbocycles. The number of fused-ring (bicyclic) bond motifs is 2. The van der Waals surface area contributed by atoms with E-state index in [-0.39, 0.29) is 29.8 Å². The first-order valence-electron chi connectivity index (χ1n) is 6.90. The van der Waals surface area contributed by atoms with Crippen molar-refractivity contribution in [2.24, 2.45) is 5.92 Å². The van der Waals surface area contributed by atoms with Crippen LogP contribution in [0.25, 0.3) is 0 Å². The number of hydrogen-bond donors (Lipinski definition) is 0. The van der Waals surface area contributed by atoms with E-state index in [1.165, 1.54) is 12.1 Å². The largest absolute Gasteiger partial charge is 0.294 e. The first kappa shape index (κ1) is 14.2. The summed E-state index contributed by atoms with van der Waals surface area (Å²) in [6.07, 6.45) is 1.79.